The molecular formula is C16H16N2O5S. The van der Waals surface area contributed by atoms with Crippen molar-refractivity contribution in [2.24, 2.45) is 0 Å². The highest BCUT2D eigenvalue weighted by Crippen LogP contribution is 2.36. The molecule has 1 saturated carbocycles. The van der Waals surface area contributed by atoms with Gasteiger partial charge in [0.1, 0.15) is 12.1 Å². The molecule has 0 spiro atoms. The number of carboxylic acid groups (broad SMARTS) is 1. The number of rotatable bonds is 7. The zero-order valence-corrected chi connectivity index (χ0v) is 13.8. The monoisotopic (exact) mass is 348 g/mol. The van der Waals surface area contributed by atoms with Gasteiger partial charge in [-0.2, -0.15) is 0 Å². The number of methoxy groups -OCH3 is 1. The lowest BCUT2D eigenvalue weighted by Gasteiger charge is -2.14. The molecule has 2 aromatic rings. The van der Waals surface area contributed by atoms with Gasteiger partial charge in [0.05, 0.1) is 18.3 Å². The van der Waals surface area contributed by atoms with E-state index in [9.17, 15) is 9.59 Å². The summed E-state index contributed by atoms with van der Waals surface area (Å²) >= 11 is 1.48. The average molecular weight is 348 g/mol. The van der Waals surface area contributed by atoms with Gasteiger partial charge >= 0.3 is 5.97 Å². The number of hydrogen-bond donors (Lipinski definition) is 2. The van der Waals surface area contributed by atoms with Gasteiger partial charge in [0.2, 0.25) is 0 Å². The molecule has 7 nitrogen and oxygen atoms in total. The number of amides is 1. The molecule has 0 bridgehead atoms. The summed E-state index contributed by atoms with van der Waals surface area (Å²) in [6.45, 7) is 0.299. The number of nitrogens with one attached hydrogen (secondary N) is 1. The summed E-state index contributed by atoms with van der Waals surface area (Å²) in [7, 11) is 1.48. The van der Waals surface area contributed by atoms with Crippen LogP contribution in [0.1, 0.15) is 28.9 Å². The van der Waals surface area contributed by atoms with Crippen LogP contribution in [-0.2, 0) is 11.4 Å². The van der Waals surface area contributed by atoms with E-state index in [2.05, 4.69) is 10.3 Å². The number of nitrogens with zero attached hydrogens (tertiary/aromatic N) is 1. The standard InChI is InChI=1S/C16H16N2O5S/c1-22-13-6-10(14(19)18-16(4-5-16)15(20)21)2-3-12(13)23-7-11-8-24-9-17-11/h2-3,6,8-9H,4-5,7H2,1H3,(H,18,19)(H,20,21). The van der Waals surface area contributed by atoms with Crippen LogP contribution in [0.5, 0.6) is 11.5 Å². The van der Waals surface area contributed by atoms with Crippen molar-refractivity contribution in [2.45, 2.75) is 25.0 Å². The van der Waals surface area contributed by atoms with Gasteiger partial charge in [0, 0.05) is 10.9 Å². The SMILES string of the molecule is COc1cc(C(=O)NC2(C(=O)O)CC2)ccc1OCc1cscn1. The fraction of sp³-hybridized carbons (Fsp3) is 0.312. The third kappa shape index (κ3) is 3.33. The Kier molecular flexibility index (Phi) is 4.39. The predicted molar refractivity (Wildman–Crippen MR) is 86.5 cm³/mol. The molecule has 8 heteroatoms. The minimum absolute atomic E-state index is 0.299. The zero-order valence-electron chi connectivity index (χ0n) is 12.9. The van der Waals surface area contributed by atoms with Crippen LogP contribution >= 0.6 is 11.3 Å². The first-order valence-electron chi connectivity index (χ1n) is 7.28. The van der Waals surface area contributed by atoms with Crippen LogP contribution in [-0.4, -0.2) is 34.6 Å². The molecule has 1 aliphatic carbocycles. The molecule has 1 aliphatic rings. The van der Waals surface area contributed by atoms with Crippen LogP contribution in [0.2, 0.25) is 0 Å². The summed E-state index contributed by atoms with van der Waals surface area (Å²) < 4.78 is 10.9. The Morgan fingerprint density at radius 2 is 2.17 bits per heavy atom. The molecule has 1 fully saturated rings. The third-order valence-corrected chi connectivity index (χ3v) is 4.43. The van der Waals surface area contributed by atoms with Crippen LogP contribution in [0.25, 0.3) is 0 Å². The van der Waals surface area contributed by atoms with Crippen molar-refractivity contribution in [3.05, 3.63) is 40.3 Å². The third-order valence-electron chi connectivity index (χ3n) is 3.80. The van der Waals surface area contributed by atoms with Gasteiger partial charge in [-0.05, 0) is 31.0 Å². The minimum Gasteiger partial charge on any atom is -0.493 e. The Bertz CT molecular complexity index is 756. The highest BCUT2D eigenvalue weighted by Gasteiger charge is 2.51. The molecule has 3 rings (SSSR count). The molecule has 0 saturated heterocycles. The van der Waals surface area contributed by atoms with Gasteiger partial charge in [-0.15, -0.1) is 11.3 Å². The van der Waals surface area contributed by atoms with E-state index < -0.39 is 17.4 Å². The maximum atomic E-state index is 12.2. The topological polar surface area (TPSA) is 97.8 Å². The smallest absolute Gasteiger partial charge is 0.329 e. The number of carboxylic acids is 1. The summed E-state index contributed by atoms with van der Waals surface area (Å²) in [5.41, 5.74) is 1.73. The van der Waals surface area contributed by atoms with Crippen LogP contribution in [0.3, 0.4) is 0 Å². The van der Waals surface area contributed by atoms with Crippen LogP contribution in [0.15, 0.2) is 29.1 Å². The number of carbonyl (C=O) groups excluding carboxylic acids is 1. The summed E-state index contributed by atoms with van der Waals surface area (Å²) in [5.74, 6) is -0.565. The molecule has 0 radical (unpaired) electrons. The maximum Gasteiger partial charge on any atom is 0.329 e. The van der Waals surface area contributed by atoms with Crippen molar-refractivity contribution in [2.75, 3.05) is 7.11 Å². The highest BCUT2D eigenvalue weighted by atomic mass is 32.1. The van der Waals surface area contributed by atoms with E-state index in [1.165, 1.54) is 24.5 Å². The van der Waals surface area contributed by atoms with Crippen molar-refractivity contribution in [3.8, 4) is 11.5 Å². The van der Waals surface area contributed by atoms with Gasteiger partial charge in [-0.3, -0.25) is 4.79 Å². The Morgan fingerprint density at radius 3 is 2.75 bits per heavy atom. The molecule has 0 atom stereocenters. The van der Waals surface area contributed by atoms with E-state index in [-0.39, 0.29) is 0 Å². The number of aromatic nitrogens is 1. The van der Waals surface area contributed by atoms with E-state index in [0.717, 1.165) is 5.69 Å². The number of thiazole rings is 1. The second kappa shape index (κ2) is 6.48. The number of ether oxygens (including phenoxy) is 2. The van der Waals surface area contributed by atoms with E-state index in [1.807, 2.05) is 5.38 Å². The summed E-state index contributed by atoms with van der Waals surface area (Å²) in [5, 5.41) is 13.6. The van der Waals surface area contributed by atoms with Crippen molar-refractivity contribution >= 4 is 23.2 Å². The number of aliphatic carboxylic acids is 1. The number of benzene rings is 1. The van der Waals surface area contributed by atoms with Crippen molar-refractivity contribution in [1.29, 1.82) is 0 Å². The summed E-state index contributed by atoms with van der Waals surface area (Å²) in [4.78, 5) is 27.5. The van der Waals surface area contributed by atoms with Crippen LogP contribution in [0.4, 0.5) is 0 Å². The van der Waals surface area contributed by atoms with Gasteiger partial charge in [-0.1, -0.05) is 0 Å². The molecule has 2 N–H and O–H groups in total. The van der Waals surface area contributed by atoms with Crippen molar-refractivity contribution in [3.63, 3.8) is 0 Å². The highest BCUT2D eigenvalue weighted by molar-refractivity contribution is 7.07. The van der Waals surface area contributed by atoms with Gasteiger partial charge in [0.15, 0.2) is 11.5 Å². The zero-order chi connectivity index (χ0) is 17.2. The molecule has 24 heavy (non-hydrogen) atoms. The first-order valence-corrected chi connectivity index (χ1v) is 8.22. The second-order valence-electron chi connectivity index (χ2n) is 5.48. The summed E-state index contributed by atoms with van der Waals surface area (Å²) in [6.07, 6.45) is 0.889. The van der Waals surface area contributed by atoms with Gasteiger partial charge < -0.3 is 19.9 Å². The van der Waals surface area contributed by atoms with Crippen LogP contribution < -0.4 is 14.8 Å². The Labute approximate surface area is 142 Å². The van der Waals surface area contributed by atoms with Gasteiger partial charge in [0.25, 0.3) is 5.91 Å². The van der Waals surface area contributed by atoms with E-state index in [1.54, 1.807) is 17.6 Å². The normalized spacial score (nSPS) is 14.7. The van der Waals surface area contributed by atoms with E-state index in [4.69, 9.17) is 14.6 Å². The molecule has 1 heterocycles. The van der Waals surface area contributed by atoms with Gasteiger partial charge in [-0.25, -0.2) is 9.78 Å². The lowest BCUT2D eigenvalue weighted by Crippen LogP contribution is -2.43. The molecule has 0 aliphatic heterocycles. The molecule has 1 aromatic heterocycles. The molecule has 0 unspecified atom stereocenters. The predicted octanol–water partition coefficient (Wildman–Crippen LogP) is 2.08. The average Bonchev–Trinajstić information content (AvgIpc) is 3.18. The van der Waals surface area contributed by atoms with E-state index in [0.29, 0.717) is 36.5 Å². The largest absolute Gasteiger partial charge is 0.493 e. The number of carbonyl (C=O) groups is 2. The quantitative estimate of drug-likeness (QED) is 0.795. The van der Waals surface area contributed by atoms with E-state index >= 15 is 0 Å². The minimum atomic E-state index is -1.12. The fourth-order valence-electron chi connectivity index (χ4n) is 2.20. The van der Waals surface area contributed by atoms with Crippen molar-refractivity contribution < 1.29 is 24.2 Å². The first kappa shape index (κ1) is 16.3. The summed E-state index contributed by atoms with van der Waals surface area (Å²) in [6, 6.07) is 4.73. The molecule has 1 amide bonds. The fourth-order valence-corrected chi connectivity index (χ4v) is 2.74. The molecular weight excluding hydrogens is 332 g/mol. The van der Waals surface area contributed by atoms with Crippen molar-refractivity contribution in [1.82, 2.24) is 10.3 Å². The maximum absolute atomic E-state index is 12.2. The first-order chi connectivity index (χ1) is 11.5. The lowest BCUT2D eigenvalue weighted by molar-refractivity contribution is -0.140. The Balaban J connectivity index is 1.71. The molecule has 126 valence electrons. The Morgan fingerprint density at radius 1 is 1.38 bits per heavy atom. The lowest BCUT2D eigenvalue weighted by atomic mass is 10.1. The second-order valence-corrected chi connectivity index (χ2v) is 6.19. The van der Waals surface area contributed by atoms with Crippen LogP contribution in [0, 0.1) is 0 Å². The number of hydrogen-bond acceptors (Lipinski definition) is 6. The Hall–Kier alpha value is -2.61. The molecule has 1 aromatic carbocycles.